The summed E-state index contributed by atoms with van der Waals surface area (Å²) in [5, 5.41) is 22.1. The molecule has 1 aromatic carbocycles. The average Bonchev–Trinajstić information content (AvgIpc) is 2.30. The molecular formula is C13H19NO3S. The molecule has 1 aromatic rings. The quantitative estimate of drug-likeness (QED) is 0.725. The van der Waals surface area contributed by atoms with Gasteiger partial charge >= 0.3 is 0 Å². The molecular weight excluding hydrogens is 250 g/mol. The van der Waals surface area contributed by atoms with Gasteiger partial charge in [-0.25, -0.2) is 0 Å². The molecule has 1 atom stereocenters. The number of para-hydroxylation sites is 1. The lowest BCUT2D eigenvalue weighted by Crippen LogP contribution is -2.42. The minimum Gasteiger partial charge on any atom is -0.508 e. The zero-order valence-electron chi connectivity index (χ0n) is 10.6. The molecule has 1 amide bonds. The molecule has 0 fully saturated rings. The lowest BCUT2D eigenvalue weighted by Gasteiger charge is -2.22. The van der Waals surface area contributed by atoms with Crippen molar-refractivity contribution in [3.8, 4) is 5.75 Å². The van der Waals surface area contributed by atoms with E-state index in [9.17, 15) is 15.0 Å². The fourth-order valence-corrected chi connectivity index (χ4v) is 2.27. The number of carbonyl (C=O) groups excluding carboxylic acids is 1. The van der Waals surface area contributed by atoms with Crippen LogP contribution in [-0.4, -0.2) is 40.3 Å². The van der Waals surface area contributed by atoms with Crippen molar-refractivity contribution in [2.24, 2.45) is 0 Å². The van der Waals surface area contributed by atoms with Crippen molar-refractivity contribution in [3.05, 3.63) is 29.8 Å². The second-order valence-corrected chi connectivity index (χ2v) is 5.38. The summed E-state index contributed by atoms with van der Waals surface area (Å²) in [7, 11) is 0. The summed E-state index contributed by atoms with van der Waals surface area (Å²) in [5.41, 5.74) is -0.326. The first-order valence-electron chi connectivity index (χ1n) is 5.69. The Morgan fingerprint density at radius 2 is 2.11 bits per heavy atom. The van der Waals surface area contributed by atoms with Gasteiger partial charge in [0.25, 0.3) is 0 Å². The molecule has 0 saturated carbocycles. The van der Waals surface area contributed by atoms with Crippen molar-refractivity contribution in [3.63, 3.8) is 0 Å². The molecule has 0 aliphatic heterocycles. The fraction of sp³-hybridized carbons (Fsp3) is 0.462. The number of nitrogens with one attached hydrogen (secondary N) is 1. The molecule has 0 aliphatic rings. The molecule has 18 heavy (non-hydrogen) atoms. The van der Waals surface area contributed by atoms with Crippen LogP contribution in [0.1, 0.15) is 12.5 Å². The maximum absolute atomic E-state index is 11.7. The Hall–Kier alpha value is -1.20. The van der Waals surface area contributed by atoms with Gasteiger partial charge in [0.1, 0.15) is 5.75 Å². The van der Waals surface area contributed by atoms with E-state index in [1.807, 2.05) is 6.26 Å². The highest BCUT2D eigenvalue weighted by atomic mass is 32.2. The summed E-state index contributed by atoms with van der Waals surface area (Å²) in [5.74, 6) is 0.463. The SMILES string of the molecule is CSCC(C)(O)CNC(=O)Cc1ccccc1O. The van der Waals surface area contributed by atoms with Gasteiger partial charge in [-0.05, 0) is 19.2 Å². The summed E-state index contributed by atoms with van der Waals surface area (Å²) >= 11 is 1.53. The lowest BCUT2D eigenvalue weighted by atomic mass is 10.1. The molecule has 0 heterocycles. The number of hydrogen-bond donors (Lipinski definition) is 3. The Morgan fingerprint density at radius 1 is 1.44 bits per heavy atom. The van der Waals surface area contributed by atoms with E-state index in [1.54, 1.807) is 31.2 Å². The Kier molecular flexibility index (Phi) is 5.50. The highest BCUT2D eigenvalue weighted by Crippen LogP contribution is 2.16. The molecule has 100 valence electrons. The van der Waals surface area contributed by atoms with Crippen LogP contribution in [0.3, 0.4) is 0 Å². The first kappa shape index (κ1) is 14.9. The third kappa shape index (κ3) is 4.98. The predicted octanol–water partition coefficient (Wildman–Crippen LogP) is 1.16. The Balaban J connectivity index is 2.46. The first-order chi connectivity index (χ1) is 8.44. The van der Waals surface area contributed by atoms with E-state index in [4.69, 9.17) is 0 Å². The highest BCUT2D eigenvalue weighted by Gasteiger charge is 2.20. The third-order valence-corrected chi connectivity index (χ3v) is 3.37. The van der Waals surface area contributed by atoms with Gasteiger partial charge in [-0.1, -0.05) is 18.2 Å². The van der Waals surface area contributed by atoms with Gasteiger partial charge in [-0.2, -0.15) is 11.8 Å². The van der Waals surface area contributed by atoms with Crippen LogP contribution in [-0.2, 0) is 11.2 Å². The molecule has 0 aliphatic carbocycles. The van der Waals surface area contributed by atoms with Crippen LogP contribution < -0.4 is 5.32 Å². The maximum atomic E-state index is 11.7. The first-order valence-corrected chi connectivity index (χ1v) is 7.09. The van der Waals surface area contributed by atoms with Crippen molar-refractivity contribution in [1.29, 1.82) is 0 Å². The summed E-state index contributed by atoms with van der Waals surface area (Å²) in [6.07, 6.45) is 2.01. The number of phenolic OH excluding ortho intramolecular Hbond substituents is 1. The van der Waals surface area contributed by atoms with Gasteiger partial charge in [0.05, 0.1) is 12.0 Å². The molecule has 0 spiro atoms. The fourth-order valence-electron chi connectivity index (χ4n) is 1.55. The number of phenols is 1. The largest absolute Gasteiger partial charge is 0.508 e. The van der Waals surface area contributed by atoms with E-state index < -0.39 is 5.60 Å². The smallest absolute Gasteiger partial charge is 0.224 e. The van der Waals surface area contributed by atoms with Gasteiger partial charge in [-0.15, -0.1) is 0 Å². The van der Waals surface area contributed by atoms with Crippen LogP contribution in [0.2, 0.25) is 0 Å². The van der Waals surface area contributed by atoms with Crippen molar-refractivity contribution in [2.75, 3.05) is 18.6 Å². The zero-order chi connectivity index (χ0) is 13.6. The van der Waals surface area contributed by atoms with Gasteiger partial charge in [-0.3, -0.25) is 4.79 Å². The van der Waals surface area contributed by atoms with E-state index in [0.717, 1.165) is 0 Å². The molecule has 0 radical (unpaired) electrons. The molecule has 4 nitrogen and oxygen atoms in total. The van der Waals surface area contributed by atoms with E-state index in [2.05, 4.69) is 5.32 Å². The van der Waals surface area contributed by atoms with Gasteiger partial charge < -0.3 is 15.5 Å². The Labute approximate surface area is 111 Å². The predicted molar refractivity (Wildman–Crippen MR) is 73.8 cm³/mol. The standard InChI is InChI=1S/C13H19NO3S/c1-13(17,9-18-2)8-14-12(16)7-10-5-3-4-6-11(10)15/h3-6,15,17H,7-9H2,1-2H3,(H,14,16). The van der Waals surface area contributed by atoms with Crippen molar-refractivity contribution < 1.29 is 15.0 Å². The molecule has 5 heteroatoms. The second-order valence-electron chi connectivity index (χ2n) is 4.51. The molecule has 1 rings (SSSR count). The molecule has 3 N–H and O–H groups in total. The number of aliphatic hydroxyl groups is 1. The molecule has 1 unspecified atom stereocenters. The van der Waals surface area contributed by atoms with Crippen molar-refractivity contribution in [1.82, 2.24) is 5.32 Å². The van der Waals surface area contributed by atoms with Gasteiger partial charge in [0, 0.05) is 17.9 Å². The Morgan fingerprint density at radius 3 is 2.72 bits per heavy atom. The number of benzene rings is 1. The number of thioether (sulfide) groups is 1. The summed E-state index contributed by atoms with van der Waals surface area (Å²) in [4.78, 5) is 11.7. The number of hydrogen-bond acceptors (Lipinski definition) is 4. The average molecular weight is 269 g/mol. The van der Waals surface area contributed by atoms with Crippen molar-refractivity contribution in [2.45, 2.75) is 18.9 Å². The van der Waals surface area contributed by atoms with Crippen LogP contribution in [0.25, 0.3) is 0 Å². The van der Waals surface area contributed by atoms with Gasteiger partial charge in [0.2, 0.25) is 5.91 Å². The van der Waals surface area contributed by atoms with Crippen LogP contribution in [0.5, 0.6) is 5.75 Å². The molecule has 0 saturated heterocycles. The third-order valence-electron chi connectivity index (χ3n) is 2.46. The van der Waals surface area contributed by atoms with Crippen molar-refractivity contribution >= 4 is 17.7 Å². The monoisotopic (exact) mass is 269 g/mol. The Bertz CT molecular complexity index is 407. The van der Waals surface area contributed by atoms with Crippen LogP contribution in [0, 0.1) is 0 Å². The summed E-state index contributed by atoms with van der Waals surface area (Å²) < 4.78 is 0. The minimum absolute atomic E-state index is 0.113. The van der Waals surface area contributed by atoms with E-state index >= 15 is 0 Å². The second kappa shape index (κ2) is 6.66. The number of aromatic hydroxyl groups is 1. The lowest BCUT2D eigenvalue weighted by molar-refractivity contribution is -0.121. The van der Waals surface area contributed by atoms with Gasteiger partial charge in [0.15, 0.2) is 0 Å². The van der Waals surface area contributed by atoms with E-state index in [0.29, 0.717) is 11.3 Å². The number of amides is 1. The normalized spacial score (nSPS) is 13.9. The summed E-state index contributed by atoms with van der Waals surface area (Å²) in [6.45, 7) is 1.89. The van der Waals surface area contributed by atoms with Crippen LogP contribution in [0.4, 0.5) is 0 Å². The highest BCUT2D eigenvalue weighted by molar-refractivity contribution is 7.98. The van der Waals surface area contributed by atoms with E-state index in [-0.39, 0.29) is 24.6 Å². The number of rotatable bonds is 6. The number of carbonyl (C=O) groups is 1. The topological polar surface area (TPSA) is 69.6 Å². The zero-order valence-corrected chi connectivity index (χ0v) is 11.5. The maximum Gasteiger partial charge on any atom is 0.224 e. The minimum atomic E-state index is -0.909. The summed E-state index contributed by atoms with van der Waals surface area (Å²) in [6, 6.07) is 6.73. The molecule has 0 bridgehead atoms. The van der Waals surface area contributed by atoms with E-state index in [1.165, 1.54) is 11.8 Å². The molecule has 0 aromatic heterocycles. The van der Waals surface area contributed by atoms with Crippen LogP contribution in [0.15, 0.2) is 24.3 Å². The van der Waals surface area contributed by atoms with Crippen LogP contribution >= 0.6 is 11.8 Å².